The van der Waals surface area contributed by atoms with Gasteiger partial charge in [-0.2, -0.15) is 5.26 Å². The first-order chi connectivity index (χ1) is 10.0. The largest absolute Gasteiger partial charge is 0.350 e. The van der Waals surface area contributed by atoms with Gasteiger partial charge in [0.1, 0.15) is 11.8 Å². The smallest absolute Gasteiger partial charge is 0.269 e. The topological polar surface area (TPSA) is 57.8 Å². The van der Waals surface area contributed by atoms with Gasteiger partial charge < -0.3 is 9.88 Å². The number of rotatable bonds is 4. The first-order valence-electron chi connectivity index (χ1n) is 6.69. The zero-order valence-electron chi connectivity index (χ0n) is 11.9. The van der Waals surface area contributed by atoms with Crippen LogP contribution in [0.4, 0.5) is 0 Å². The van der Waals surface area contributed by atoms with E-state index in [9.17, 15) is 10.1 Å². The lowest BCUT2D eigenvalue weighted by molar-refractivity contribution is 0.0942. The maximum absolute atomic E-state index is 12.4. The van der Waals surface area contributed by atoms with Crippen molar-refractivity contribution >= 4 is 21.8 Å². The highest BCUT2D eigenvalue weighted by atomic mass is 79.9. The second-order valence-electron chi connectivity index (χ2n) is 5.12. The molecule has 0 saturated carbocycles. The number of halogens is 1. The lowest BCUT2D eigenvalue weighted by Gasteiger charge is -2.12. The van der Waals surface area contributed by atoms with Crippen molar-refractivity contribution in [1.29, 1.82) is 5.26 Å². The van der Waals surface area contributed by atoms with E-state index in [1.165, 1.54) is 0 Å². The van der Waals surface area contributed by atoms with Crippen LogP contribution in [0, 0.1) is 17.2 Å². The van der Waals surface area contributed by atoms with Crippen LogP contribution in [0.15, 0.2) is 41.0 Å². The number of benzene rings is 1. The number of nitrogens with zero attached hydrogens (tertiary/aromatic N) is 2. The predicted octanol–water partition coefficient (Wildman–Crippen LogP) is 3.50. The van der Waals surface area contributed by atoms with Crippen molar-refractivity contribution in [3.05, 3.63) is 52.3 Å². The molecule has 1 aromatic carbocycles. The summed E-state index contributed by atoms with van der Waals surface area (Å²) in [7, 11) is 0. The van der Waals surface area contributed by atoms with E-state index in [1.807, 2.05) is 38.1 Å². The number of hydrogen-bond acceptors (Lipinski definition) is 2. The van der Waals surface area contributed by atoms with Crippen LogP contribution in [0.1, 0.15) is 29.9 Å². The number of nitriles is 1. The van der Waals surface area contributed by atoms with Crippen LogP contribution in [-0.2, 0) is 0 Å². The van der Waals surface area contributed by atoms with E-state index in [2.05, 4.69) is 27.3 Å². The Morgan fingerprint density at radius 2 is 2.10 bits per heavy atom. The van der Waals surface area contributed by atoms with Gasteiger partial charge in [0.15, 0.2) is 0 Å². The van der Waals surface area contributed by atoms with Crippen LogP contribution in [0.3, 0.4) is 0 Å². The number of amides is 1. The molecule has 1 aromatic heterocycles. The summed E-state index contributed by atoms with van der Waals surface area (Å²) in [6.45, 7) is 4.63. The van der Waals surface area contributed by atoms with E-state index in [4.69, 9.17) is 0 Å². The Morgan fingerprint density at radius 1 is 1.38 bits per heavy atom. The zero-order valence-corrected chi connectivity index (χ0v) is 13.5. The fourth-order valence-corrected chi connectivity index (χ4v) is 2.46. The number of carbonyl (C=O) groups is 1. The van der Waals surface area contributed by atoms with Gasteiger partial charge in [-0.1, -0.05) is 26.0 Å². The van der Waals surface area contributed by atoms with Gasteiger partial charge in [-0.15, -0.1) is 0 Å². The van der Waals surface area contributed by atoms with Crippen LogP contribution >= 0.6 is 15.9 Å². The van der Waals surface area contributed by atoms with Gasteiger partial charge in [0.2, 0.25) is 0 Å². The molecule has 0 unspecified atom stereocenters. The average molecular weight is 346 g/mol. The maximum atomic E-state index is 12.4. The monoisotopic (exact) mass is 345 g/mol. The quantitative estimate of drug-likeness (QED) is 0.921. The Bertz CT molecular complexity index is 698. The van der Waals surface area contributed by atoms with E-state index in [0.29, 0.717) is 23.7 Å². The number of para-hydroxylation sites is 1. The molecule has 0 aliphatic heterocycles. The molecule has 108 valence electrons. The van der Waals surface area contributed by atoms with Crippen molar-refractivity contribution in [3.8, 4) is 11.8 Å². The fourth-order valence-electron chi connectivity index (χ4n) is 1.98. The van der Waals surface area contributed by atoms with Crippen LogP contribution in [0.2, 0.25) is 0 Å². The number of nitrogens with one attached hydrogen (secondary N) is 1. The second-order valence-corrected chi connectivity index (χ2v) is 5.97. The third-order valence-electron chi connectivity index (χ3n) is 3.00. The average Bonchev–Trinajstić information content (AvgIpc) is 2.89. The molecule has 1 heterocycles. The molecule has 4 nitrogen and oxygen atoms in total. The van der Waals surface area contributed by atoms with Gasteiger partial charge in [0.05, 0.1) is 11.3 Å². The molecule has 0 aliphatic carbocycles. The van der Waals surface area contributed by atoms with E-state index < -0.39 is 0 Å². The van der Waals surface area contributed by atoms with Crippen molar-refractivity contribution in [2.75, 3.05) is 6.54 Å². The van der Waals surface area contributed by atoms with Crippen LogP contribution in [0.25, 0.3) is 5.69 Å². The predicted molar refractivity (Wildman–Crippen MR) is 85.4 cm³/mol. The molecule has 1 N–H and O–H groups in total. The van der Waals surface area contributed by atoms with Gasteiger partial charge >= 0.3 is 0 Å². The third kappa shape index (κ3) is 3.34. The van der Waals surface area contributed by atoms with Crippen molar-refractivity contribution in [1.82, 2.24) is 9.88 Å². The minimum atomic E-state index is -0.235. The molecule has 0 atom stereocenters. The van der Waals surface area contributed by atoms with E-state index >= 15 is 0 Å². The molecule has 21 heavy (non-hydrogen) atoms. The molecule has 5 heteroatoms. The minimum Gasteiger partial charge on any atom is -0.350 e. The minimum absolute atomic E-state index is 0.235. The van der Waals surface area contributed by atoms with Crippen molar-refractivity contribution in [2.45, 2.75) is 13.8 Å². The third-order valence-corrected chi connectivity index (χ3v) is 3.68. The molecule has 0 aliphatic rings. The Hall–Kier alpha value is -2.06. The molecule has 2 rings (SSSR count). The van der Waals surface area contributed by atoms with Gasteiger partial charge in [-0.25, -0.2) is 0 Å². The van der Waals surface area contributed by atoms with Crippen LogP contribution in [0.5, 0.6) is 0 Å². The molecular weight excluding hydrogens is 330 g/mol. The zero-order chi connectivity index (χ0) is 15.4. The maximum Gasteiger partial charge on any atom is 0.269 e. The molecule has 2 aromatic rings. The Morgan fingerprint density at radius 3 is 2.71 bits per heavy atom. The van der Waals surface area contributed by atoms with Crippen molar-refractivity contribution in [2.24, 2.45) is 5.92 Å². The highest BCUT2D eigenvalue weighted by Crippen LogP contribution is 2.24. The Balaban J connectivity index is 2.45. The SMILES string of the molecule is CC(C)CNC(=O)c1c(C#N)ccn1-c1ccccc1Br. The lowest BCUT2D eigenvalue weighted by Crippen LogP contribution is -2.29. The number of hydrogen-bond donors (Lipinski definition) is 1. The van der Waals surface area contributed by atoms with Gasteiger partial charge in [0.25, 0.3) is 5.91 Å². The standard InChI is InChI=1S/C16H16BrN3O/c1-11(2)10-19-16(21)15-12(9-18)7-8-20(15)14-6-4-3-5-13(14)17/h3-8,11H,10H2,1-2H3,(H,19,21). The summed E-state index contributed by atoms with van der Waals surface area (Å²) in [5, 5.41) is 12.1. The van der Waals surface area contributed by atoms with Gasteiger partial charge in [0, 0.05) is 17.2 Å². The van der Waals surface area contributed by atoms with Crippen LogP contribution < -0.4 is 5.32 Å². The summed E-state index contributed by atoms with van der Waals surface area (Å²) in [5.41, 5.74) is 1.56. The number of carbonyl (C=O) groups excluding carboxylic acids is 1. The summed E-state index contributed by atoms with van der Waals surface area (Å²) >= 11 is 3.47. The van der Waals surface area contributed by atoms with E-state index in [1.54, 1.807) is 16.8 Å². The molecule has 1 amide bonds. The molecule has 0 radical (unpaired) electrons. The first-order valence-corrected chi connectivity index (χ1v) is 7.48. The normalized spacial score (nSPS) is 10.4. The van der Waals surface area contributed by atoms with Crippen LogP contribution in [-0.4, -0.2) is 17.0 Å². The van der Waals surface area contributed by atoms with Crippen molar-refractivity contribution < 1.29 is 4.79 Å². The Labute approximate surface area is 132 Å². The molecule has 0 saturated heterocycles. The highest BCUT2D eigenvalue weighted by molar-refractivity contribution is 9.10. The molecule has 0 spiro atoms. The molecule has 0 bridgehead atoms. The Kier molecular flexibility index (Phi) is 4.81. The summed E-state index contributed by atoms with van der Waals surface area (Å²) in [4.78, 5) is 12.4. The lowest BCUT2D eigenvalue weighted by atomic mass is 10.2. The number of aromatic nitrogens is 1. The van der Waals surface area contributed by atoms with E-state index in [0.717, 1.165) is 10.2 Å². The van der Waals surface area contributed by atoms with E-state index in [-0.39, 0.29) is 5.91 Å². The van der Waals surface area contributed by atoms with Gasteiger partial charge in [-0.3, -0.25) is 4.79 Å². The first kappa shape index (κ1) is 15.3. The highest BCUT2D eigenvalue weighted by Gasteiger charge is 2.19. The second kappa shape index (κ2) is 6.59. The summed E-state index contributed by atoms with van der Waals surface area (Å²) in [5.74, 6) is 0.118. The fraction of sp³-hybridized carbons (Fsp3) is 0.250. The summed E-state index contributed by atoms with van der Waals surface area (Å²) in [6.07, 6.45) is 1.74. The summed E-state index contributed by atoms with van der Waals surface area (Å²) < 4.78 is 2.60. The summed E-state index contributed by atoms with van der Waals surface area (Å²) in [6, 6.07) is 11.3. The van der Waals surface area contributed by atoms with Gasteiger partial charge in [-0.05, 0) is 40.0 Å². The van der Waals surface area contributed by atoms with Crippen molar-refractivity contribution in [3.63, 3.8) is 0 Å². The molecule has 0 fully saturated rings. The molecular formula is C16H16BrN3O.